The van der Waals surface area contributed by atoms with E-state index in [9.17, 15) is 9.59 Å². The Bertz CT molecular complexity index is 809. The lowest BCUT2D eigenvalue weighted by atomic mass is 10.0. The van der Waals surface area contributed by atoms with Crippen molar-refractivity contribution in [3.05, 3.63) is 64.1 Å². The van der Waals surface area contributed by atoms with Gasteiger partial charge in [-0.25, -0.2) is 0 Å². The van der Waals surface area contributed by atoms with E-state index in [1.54, 1.807) is 7.11 Å². The van der Waals surface area contributed by atoms with Crippen LogP contribution in [0.25, 0.3) is 0 Å². The Morgan fingerprint density at radius 3 is 2.29 bits per heavy atom. The summed E-state index contributed by atoms with van der Waals surface area (Å²) in [5, 5.41) is 5.87. The lowest BCUT2D eigenvalue weighted by Crippen LogP contribution is -2.50. The van der Waals surface area contributed by atoms with Crippen molar-refractivity contribution < 1.29 is 14.3 Å². The molecule has 0 saturated carbocycles. The van der Waals surface area contributed by atoms with E-state index in [4.69, 9.17) is 4.74 Å². The van der Waals surface area contributed by atoms with Crippen LogP contribution in [0.3, 0.4) is 0 Å². The van der Waals surface area contributed by atoms with Gasteiger partial charge in [-0.3, -0.25) is 9.59 Å². The highest BCUT2D eigenvalue weighted by molar-refractivity contribution is 9.10. The second-order valence-corrected chi connectivity index (χ2v) is 7.93. The molecule has 0 bridgehead atoms. The zero-order valence-electron chi connectivity index (χ0n) is 16.7. The third-order valence-corrected chi connectivity index (χ3v) is 5.13. The van der Waals surface area contributed by atoms with Gasteiger partial charge in [0.05, 0.1) is 24.0 Å². The number of nitrogens with one attached hydrogen (secondary N) is 2. The van der Waals surface area contributed by atoms with Crippen LogP contribution in [-0.4, -0.2) is 25.0 Å². The Morgan fingerprint density at radius 1 is 1.04 bits per heavy atom. The first-order valence-electron chi connectivity index (χ1n) is 9.29. The molecule has 0 saturated heterocycles. The predicted octanol–water partition coefficient (Wildman–Crippen LogP) is 4.02. The molecule has 0 aliphatic heterocycles. The summed E-state index contributed by atoms with van der Waals surface area (Å²) >= 11 is 3.46. The van der Waals surface area contributed by atoms with E-state index >= 15 is 0 Å². The van der Waals surface area contributed by atoms with Gasteiger partial charge in [0.1, 0.15) is 11.8 Å². The number of ether oxygens (including phenoxy) is 1. The van der Waals surface area contributed by atoms with Gasteiger partial charge in [-0.05, 0) is 52.0 Å². The topological polar surface area (TPSA) is 67.4 Å². The third kappa shape index (κ3) is 6.09. The number of hydrogen-bond acceptors (Lipinski definition) is 3. The van der Waals surface area contributed by atoms with Gasteiger partial charge in [0, 0.05) is 0 Å². The molecule has 0 aliphatic carbocycles. The van der Waals surface area contributed by atoms with Gasteiger partial charge < -0.3 is 15.4 Å². The quantitative estimate of drug-likeness (QED) is 0.643. The molecule has 2 unspecified atom stereocenters. The molecule has 28 heavy (non-hydrogen) atoms. The smallest absolute Gasteiger partial charge is 0.243 e. The van der Waals surface area contributed by atoms with E-state index in [0.29, 0.717) is 0 Å². The van der Waals surface area contributed by atoms with Crippen molar-refractivity contribution >= 4 is 27.7 Å². The molecule has 0 aliphatic rings. The second-order valence-electron chi connectivity index (χ2n) is 7.08. The van der Waals surface area contributed by atoms with Crippen LogP contribution in [-0.2, 0) is 16.0 Å². The van der Waals surface area contributed by atoms with E-state index < -0.39 is 6.04 Å². The first-order valence-corrected chi connectivity index (χ1v) is 10.1. The lowest BCUT2D eigenvalue weighted by Gasteiger charge is -2.24. The normalized spacial score (nSPS) is 12.9. The molecule has 2 aromatic rings. The molecular weight excluding hydrogens is 420 g/mol. The van der Waals surface area contributed by atoms with Crippen molar-refractivity contribution in [2.75, 3.05) is 7.11 Å². The molecule has 0 aromatic heterocycles. The summed E-state index contributed by atoms with van der Waals surface area (Å²) in [6.45, 7) is 5.75. The van der Waals surface area contributed by atoms with E-state index in [2.05, 4.69) is 26.6 Å². The predicted molar refractivity (Wildman–Crippen MR) is 114 cm³/mol. The largest absolute Gasteiger partial charge is 0.496 e. The van der Waals surface area contributed by atoms with Gasteiger partial charge in [0.2, 0.25) is 11.8 Å². The van der Waals surface area contributed by atoms with Crippen molar-refractivity contribution in [3.63, 3.8) is 0 Å². The second kappa shape index (κ2) is 10.3. The maximum absolute atomic E-state index is 12.8. The monoisotopic (exact) mass is 446 g/mol. The van der Waals surface area contributed by atoms with Crippen molar-refractivity contribution in [1.29, 1.82) is 0 Å². The molecule has 0 heterocycles. The molecule has 2 rings (SSSR count). The van der Waals surface area contributed by atoms with E-state index in [1.165, 1.54) is 0 Å². The first-order chi connectivity index (χ1) is 13.3. The molecule has 6 heteroatoms. The van der Waals surface area contributed by atoms with Crippen molar-refractivity contribution in [1.82, 2.24) is 10.6 Å². The van der Waals surface area contributed by atoms with E-state index in [-0.39, 0.29) is 30.2 Å². The number of carbonyl (C=O) groups is 2. The fourth-order valence-corrected chi connectivity index (χ4v) is 3.44. The average molecular weight is 447 g/mol. The van der Waals surface area contributed by atoms with Crippen molar-refractivity contribution in [3.8, 4) is 5.75 Å². The summed E-state index contributed by atoms with van der Waals surface area (Å²) in [6.07, 6.45) is 0.248. The van der Waals surface area contributed by atoms with E-state index in [0.717, 1.165) is 21.3 Å². The fraction of sp³-hybridized carbons (Fsp3) is 0.364. The standard InChI is InChI=1S/C22H27BrN2O3/c1-14(2)21(25-20(26)12-16-8-6-5-7-9-16)22(27)24-15(3)17-10-11-19(28-4)18(23)13-17/h5-11,13-15,21H,12H2,1-4H3,(H,24,27)(H,25,26). The number of amides is 2. The van der Waals surface area contributed by atoms with Gasteiger partial charge in [0.15, 0.2) is 0 Å². The molecule has 0 fully saturated rings. The minimum atomic E-state index is -0.597. The number of carbonyl (C=O) groups excluding carboxylic acids is 2. The van der Waals surface area contributed by atoms with Crippen LogP contribution in [0.5, 0.6) is 5.75 Å². The highest BCUT2D eigenvalue weighted by atomic mass is 79.9. The molecule has 2 N–H and O–H groups in total. The van der Waals surface area contributed by atoms with Crippen LogP contribution >= 0.6 is 15.9 Å². The summed E-state index contributed by atoms with van der Waals surface area (Å²) in [6, 6.07) is 14.4. The number of halogens is 1. The highest BCUT2D eigenvalue weighted by Crippen LogP contribution is 2.28. The Labute approximate surface area is 175 Å². The summed E-state index contributed by atoms with van der Waals surface area (Å²) in [5.41, 5.74) is 1.86. The van der Waals surface area contributed by atoms with Crippen LogP contribution in [0.15, 0.2) is 53.0 Å². The van der Waals surface area contributed by atoms with Gasteiger partial charge in [-0.15, -0.1) is 0 Å². The minimum Gasteiger partial charge on any atom is -0.496 e. The maximum Gasteiger partial charge on any atom is 0.243 e. The molecule has 150 valence electrons. The highest BCUT2D eigenvalue weighted by Gasteiger charge is 2.25. The van der Waals surface area contributed by atoms with Gasteiger partial charge in [-0.1, -0.05) is 50.2 Å². The number of rotatable bonds is 8. The molecule has 2 amide bonds. The Kier molecular flexibility index (Phi) is 8.05. The zero-order chi connectivity index (χ0) is 20.7. The zero-order valence-corrected chi connectivity index (χ0v) is 18.2. The Balaban J connectivity index is 2.01. The van der Waals surface area contributed by atoms with Crippen LogP contribution in [0.1, 0.15) is 37.9 Å². The summed E-state index contributed by atoms with van der Waals surface area (Å²) in [5.74, 6) is 0.334. The molecular formula is C22H27BrN2O3. The van der Waals surface area contributed by atoms with E-state index in [1.807, 2.05) is 69.3 Å². The van der Waals surface area contributed by atoms with Crippen molar-refractivity contribution in [2.24, 2.45) is 5.92 Å². The summed E-state index contributed by atoms with van der Waals surface area (Å²) < 4.78 is 6.07. The maximum atomic E-state index is 12.8. The van der Waals surface area contributed by atoms with Crippen LogP contribution in [0.4, 0.5) is 0 Å². The number of benzene rings is 2. The van der Waals surface area contributed by atoms with Gasteiger partial charge >= 0.3 is 0 Å². The molecule has 0 radical (unpaired) electrons. The SMILES string of the molecule is COc1ccc(C(C)NC(=O)C(NC(=O)Cc2ccccc2)C(C)C)cc1Br. The van der Waals surface area contributed by atoms with Crippen LogP contribution in [0, 0.1) is 5.92 Å². The van der Waals surface area contributed by atoms with Gasteiger partial charge in [0.25, 0.3) is 0 Å². The number of hydrogen-bond donors (Lipinski definition) is 2. The molecule has 0 spiro atoms. The van der Waals surface area contributed by atoms with Crippen LogP contribution in [0.2, 0.25) is 0 Å². The van der Waals surface area contributed by atoms with Crippen LogP contribution < -0.4 is 15.4 Å². The molecule has 2 aromatic carbocycles. The molecule has 2 atom stereocenters. The fourth-order valence-electron chi connectivity index (χ4n) is 2.88. The third-order valence-electron chi connectivity index (χ3n) is 4.51. The van der Waals surface area contributed by atoms with Gasteiger partial charge in [-0.2, -0.15) is 0 Å². The minimum absolute atomic E-state index is 0.0328. The number of methoxy groups -OCH3 is 1. The lowest BCUT2D eigenvalue weighted by molar-refractivity contribution is -0.130. The summed E-state index contributed by atoms with van der Waals surface area (Å²) in [4.78, 5) is 25.2. The average Bonchev–Trinajstić information content (AvgIpc) is 2.66. The van der Waals surface area contributed by atoms with Crippen molar-refractivity contribution in [2.45, 2.75) is 39.3 Å². The molecule has 5 nitrogen and oxygen atoms in total. The summed E-state index contributed by atoms with van der Waals surface area (Å²) in [7, 11) is 1.61. The first kappa shape index (κ1) is 22.0. The Morgan fingerprint density at radius 2 is 1.71 bits per heavy atom. The Hall–Kier alpha value is -2.34.